The van der Waals surface area contributed by atoms with Crippen molar-refractivity contribution in [3.05, 3.63) is 79.4 Å². The molecule has 0 saturated heterocycles. The monoisotopic (exact) mass is 328 g/mol. The molecule has 0 spiro atoms. The molecule has 1 N–H and O–H groups in total. The maximum Gasteiger partial charge on any atom is 0.272 e. The first-order valence-electron chi connectivity index (χ1n) is 6.71. The molecule has 0 fully saturated rings. The van der Waals surface area contributed by atoms with Crippen molar-refractivity contribution in [3.8, 4) is 0 Å². The van der Waals surface area contributed by atoms with E-state index in [2.05, 4.69) is 10.5 Å². The first-order chi connectivity index (χ1) is 11.4. The lowest BCUT2D eigenvalue weighted by molar-refractivity contribution is -0.385. The molecule has 9 heteroatoms. The van der Waals surface area contributed by atoms with Gasteiger partial charge in [0, 0.05) is 34.9 Å². The number of nitro benzene ring substituents is 2. The minimum absolute atomic E-state index is 0.0411. The van der Waals surface area contributed by atoms with Crippen LogP contribution in [-0.2, 0) is 0 Å². The minimum Gasteiger partial charge on any atom is -0.267 e. The van der Waals surface area contributed by atoms with Crippen molar-refractivity contribution < 1.29 is 14.6 Å². The Balaban J connectivity index is 2.05. The van der Waals surface area contributed by atoms with Crippen molar-refractivity contribution in [2.24, 2.45) is 5.10 Å². The number of carbonyl (C=O) groups is 1. The fourth-order valence-corrected chi connectivity index (χ4v) is 1.87. The molecule has 0 saturated carbocycles. The van der Waals surface area contributed by atoms with Gasteiger partial charge in [0.25, 0.3) is 17.3 Å². The van der Waals surface area contributed by atoms with Crippen LogP contribution in [0.15, 0.2) is 47.6 Å². The number of hydrogen-bond donors (Lipinski definition) is 1. The van der Waals surface area contributed by atoms with Gasteiger partial charge in [0.2, 0.25) is 0 Å². The van der Waals surface area contributed by atoms with E-state index in [0.717, 1.165) is 0 Å². The number of nitro groups is 2. The summed E-state index contributed by atoms with van der Waals surface area (Å²) in [6.07, 6.45) is 1.27. The molecule has 122 valence electrons. The van der Waals surface area contributed by atoms with Crippen LogP contribution in [0.5, 0.6) is 0 Å². The Labute approximate surface area is 135 Å². The van der Waals surface area contributed by atoms with Crippen LogP contribution in [0.4, 0.5) is 11.4 Å². The number of amides is 1. The molecule has 0 aliphatic carbocycles. The first kappa shape index (κ1) is 16.7. The zero-order valence-corrected chi connectivity index (χ0v) is 12.5. The van der Waals surface area contributed by atoms with Gasteiger partial charge < -0.3 is 0 Å². The zero-order valence-electron chi connectivity index (χ0n) is 12.5. The lowest BCUT2D eigenvalue weighted by atomic mass is 10.1. The number of rotatable bonds is 5. The van der Waals surface area contributed by atoms with Gasteiger partial charge in [-0.1, -0.05) is 12.1 Å². The molecule has 9 nitrogen and oxygen atoms in total. The number of aryl methyl sites for hydroxylation is 1. The molecular formula is C15H12N4O5. The van der Waals surface area contributed by atoms with E-state index in [1.54, 1.807) is 19.1 Å². The highest BCUT2D eigenvalue weighted by Gasteiger charge is 2.11. The molecule has 0 aromatic heterocycles. The lowest BCUT2D eigenvalue weighted by Gasteiger charge is -2.00. The maximum absolute atomic E-state index is 11.8. The Hall–Kier alpha value is -3.62. The van der Waals surface area contributed by atoms with Crippen LogP contribution in [0, 0.1) is 27.2 Å². The van der Waals surface area contributed by atoms with Crippen LogP contribution in [0.1, 0.15) is 21.5 Å². The number of carbonyl (C=O) groups excluding carboxylic acids is 1. The highest BCUT2D eigenvalue weighted by atomic mass is 16.6. The molecule has 2 aromatic carbocycles. The molecular weight excluding hydrogens is 316 g/mol. The summed E-state index contributed by atoms with van der Waals surface area (Å²) in [5.74, 6) is -0.553. The van der Waals surface area contributed by atoms with Crippen LogP contribution >= 0.6 is 0 Å². The number of non-ortho nitro benzene ring substituents is 1. The van der Waals surface area contributed by atoms with Gasteiger partial charge in [-0.05, 0) is 19.1 Å². The third-order valence-electron chi connectivity index (χ3n) is 3.15. The molecule has 0 radical (unpaired) electrons. The molecule has 0 aliphatic heterocycles. The summed E-state index contributed by atoms with van der Waals surface area (Å²) in [6.45, 7) is 1.62. The molecule has 0 aliphatic rings. The van der Waals surface area contributed by atoms with Gasteiger partial charge in [-0.15, -0.1) is 0 Å². The van der Waals surface area contributed by atoms with Gasteiger partial charge in [-0.25, -0.2) is 5.43 Å². The topological polar surface area (TPSA) is 128 Å². The van der Waals surface area contributed by atoms with E-state index in [1.165, 1.54) is 36.5 Å². The molecule has 2 rings (SSSR count). The number of benzene rings is 2. The molecule has 24 heavy (non-hydrogen) atoms. The van der Waals surface area contributed by atoms with Crippen LogP contribution in [0.2, 0.25) is 0 Å². The van der Waals surface area contributed by atoms with Crippen molar-refractivity contribution in [2.75, 3.05) is 0 Å². The third kappa shape index (κ3) is 3.97. The first-order valence-corrected chi connectivity index (χ1v) is 6.71. The van der Waals surface area contributed by atoms with Crippen molar-refractivity contribution >= 4 is 23.5 Å². The fraction of sp³-hybridized carbons (Fsp3) is 0.0667. The average Bonchev–Trinajstić information content (AvgIpc) is 2.56. The number of nitrogens with zero attached hydrogens (tertiary/aromatic N) is 3. The highest BCUT2D eigenvalue weighted by molar-refractivity contribution is 5.95. The molecule has 0 unspecified atom stereocenters. The van der Waals surface area contributed by atoms with Crippen molar-refractivity contribution in [2.45, 2.75) is 6.92 Å². The standard InChI is InChI=1S/C15H12N4O5/c1-10-2-3-11(8-14(10)19(23)24)9-16-17-15(20)12-4-6-13(7-5-12)18(21)22/h2-9H,1H3,(H,17,20)/b16-9-. The lowest BCUT2D eigenvalue weighted by Crippen LogP contribution is -2.17. The highest BCUT2D eigenvalue weighted by Crippen LogP contribution is 2.18. The smallest absolute Gasteiger partial charge is 0.267 e. The van der Waals surface area contributed by atoms with Gasteiger partial charge in [-0.3, -0.25) is 25.0 Å². The maximum atomic E-state index is 11.8. The predicted molar refractivity (Wildman–Crippen MR) is 86.0 cm³/mol. The summed E-state index contributed by atoms with van der Waals surface area (Å²) in [4.78, 5) is 32.2. The van der Waals surface area contributed by atoms with E-state index in [4.69, 9.17) is 0 Å². The Morgan fingerprint density at radius 3 is 2.33 bits per heavy atom. The summed E-state index contributed by atoms with van der Waals surface area (Å²) in [5, 5.41) is 25.1. The fourth-order valence-electron chi connectivity index (χ4n) is 1.87. The Kier molecular flexibility index (Phi) is 4.95. The van der Waals surface area contributed by atoms with Crippen LogP contribution in [0.25, 0.3) is 0 Å². The molecule has 0 atom stereocenters. The van der Waals surface area contributed by atoms with Crippen LogP contribution in [0.3, 0.4) is 0 Å². The van der Waals surface area contributed by atoms with E-state index in [0.29, 0.717) is 11.1 Å². The predicted octanol–water partition coefficient (Wildman–Crippen LogP) is 2.58. The summed E-state index contributed by atoms with van der Waals surface area (Å²) in [7, 11) is 0. The Bertz CT molecular complexity index is 830. The molecule has 1 amide bonds. The normalized spacial score (nSPS) is 10.5. The number of hydrogen-bond acceptors (Lipinski definition) is 6. The average molecular weight is 328 g/mol. The summed E-state index contributed by atoms with van der Waals surface area (Å²) < 4.78 is 0. The second kappa shape index (κ2) is 7.09. The van der Waals surface area contributed by atoms with E-state index < -0.39 is 15.8 Å². The second-order valence-corrected chi connectivity index (χ2v) is 4.81. The largest absolute Gasteiger partial charge is 0.272 e. The molecule has 0 heterocycles. The minimum atomic E-state index is -0.565. The summed E-state index contributed by atoms with van der Waals surface area (Å²) >= 11 is 0. The van der Waals surface area contributed by atoms with Gasteiger partial charge in [0.1, 0.15) is 0 Å². The Morgan fingerprint density at radius 1 is 1.08 bits per heavy atom. The van der Waals surface area contributed by atoms with Crippen molar-refractivity contribution in [1.82, 2.24) is 5.43 Å². The van der Waals surface area contributed by atoms with E-state index in [1.807, 2.05) is 0 Å². The number of nitrogens with one attached hydrogen (secondary N) is 1. The zero-order chi connectivity index (χ0) is 17.7. The van der Waals surface area contributed by atoms with E-state index in [-0.39, 0.29) is 16.9 Å². The van der Waals surface area contributed by atoms with Gasteiger partial charge in [0.15, 0.2) is 0 Å². The van der Waals surface area contributed by atoms with E-state index >= 15 is 0 Å². The van der Waals surface area contributed by atoms with Gasteiger partial charge in [0.05, 0.1) is 16.1 Å². The Morgan fingerprint density at radius 2 is 1.75 bits per heavy atom. The second-order valence-electron chi connectivity index (χ2n) is 4.81. The van der Waals surface area contributed by atoms with Gasteiger partial charge in [-0.2, -0.15) is 5.10 Å². The molecule has 2 aromatic rings. The quantitative estimate of drug-likeness (QED) is 0.512. The van der Waals surface area contributed by atoms with Crippen LogP contribution < -0.4 is 5.43 Å². The number of hydrazone groups is 1. The molecule has 0 bridgehead atoms. The van der Waals surface area contributed by atoms with Crippen LogP contribution in [-0.4, -0.2) is 22.0 Å². The summed E-state index contributed by atoms with van der Waals surface area (Å²) in [5.41, 5.74) is 3.26. The van der Waals surface area contributed by atoms with Crippen molar-refractivity contribution in [3.63, 3.8) is 0 Å². The van der Waals surface area contributed by atoms with E-state index in [9.17, 15) is 25.0 Å². The van der Waals surface area contributed by atoms with Crippen molar-refractivity contribution in [1.29, 1.82) is 0 Å². The SMILES string of the molecule is Cc1ccc(/C=N\NC(=O)c2ccc([N+](=O)[O-])cc2)cc1[N+](=O)[O-]. The third-order valence-corrected chi connectivity index (χ3v) is 3.15. The van der Waals surface area contributed by atoms with Gasteiger partial charge >= 0.3 is 0 Å². The summed E-state index contributed by atoms with van der Waals surface area (Å²) in [6, 6.07) is 9.59.